The van der Waals surface area contributed by atoms with Crippen LogP contribution in [-0.2, 0) is 26.3 Å². The summed E-state index contributed by atoms with van der Waals surface area (Å²) in [4.78, 5) is 33.6. The summed E-state index contributed by atoms with van der Waals surface area (Å²) in [6.45, 7) is 1.96. The fourth-order valence-corrected chi connectivity index (χ4v) is 6.00. The zero-order valence-corrected chi connectivity index (χ0v) is 24.2. The summed E-state index contributed by atoms with van der Waals surface area (Å²) in [6.07, 6.45) is 2.29. The number of benzene rings is 1. The Hall–Kier alpha value is -3.76. The van der Waals surface area contributed by atoms with Crippen molar-refractivity contribution >= 4 is 38.8 Å². The molecule has 1 aromatic carbocycles. The molecule has 0 bridgehead atoms. The number of carbonyl (C=O) groups excluding carboxylic acids is 1. The lowest BCUT2D eigenvalue weighted by Crippen LogP contribution is -2.34. The second-order valence-electron chi connectivity index (χ2n) is 10.5. The molecule has 1 aliphatic heterocycles. The number of fused-ring (bicyclic) bond motifs is 1. The van der Waals surface area contributed by atoms with Gasteiger partial charge in [-0.2, -0.15) is 17.7 Å². The van der Waals surface area contributed by atoms with E-state index in [2.05, 4.69) is 25.3 Å². The van der Waals surface area contributed by atoms with Gasteiger partial charge in [0.05, 0.1) is 36.6 Å². The van der Waals surface area contributed by atoms with Crippen LogP contribution >= 0.6 is 0 Å². The highest BCUT2D eigenvalue weighted by atomic mass is 32.2. The molecular weight excluding hydrogens is 591 g/mol. The number of anilines is 2. The summed E-state index contributed by atoms with van der Waals surface area (Å²) in [6, 6.07) is 3.00. The van der Waals surface area contributed by atoms with Gasteiger partial charge in [0.2, 0.25) is 11.9 Å². The first-order valence-electron chi connectivity index (χ1n) is 13.9. The average Bonchev–Trinajstić information content (AvgIpc) is 3.69. The molecule has 1 saturated carbocycles. The van der Waals surface area contributed by atoms with Crippen LogP contribution in [0.25, 0.3) is 22.2 Å². The van der Waals surface area contributed by atoms with Gasteiger partial charge in [0.1, 0.15) is 17.6 Å². The van der Waals surface area contributed by atoms with Gasteiger partial charge in [-0.15, -0.1) is 0 Å². The van der Waals surface area contributed by atoms with Gasteiger partial charge in [-0.05, 0) is 43.4 Å². The van der Waals surface area contributed by atoms with E-state index in [0.717, 1.165) is 29.3 Å². The number of halogens is 3. The number of aromatic nitrogens is 3. The number of hydrogen-bond donors (Lipinski definition) is 3. The standard InChI is InChI=1S/C27H32F3N7O5S/c1-16(38)31-7-10-42-11-9-37-25-18(14-33-27(34-25)32-13-17-2-3-17)12-20(26(37)39)23-21(29)4-5-22(24(23)30)35-43(40,41)36-8-6-19(28)15-36/h4-5,12,14,17,19,35H,2-3,6-11,13,15H2,1H3,(H,31,38)(H,32,33,34)/t19-/m1/s1. The van der Waals surface area contributed by atoms with E-state index in [1.165, 1.54) is 23.8 Å². The molecule has 3 N–H and O–H groups in total. The number of carbonyl (C=O) groups is 1. The molecule has 0 spiro atoms. The Morgan fingerprint density at radius 3 is 2.67 bits per heavy atom. The van der Waals surface area contributed by atoms with Crippen LogP contribution < -0.4 is 20.9 Å². The Kier molecular flexibility index (Phi) is 9.17. The minimum absolute atomic E-state index is 0.00549. The number of pyridine rings is 1. The molecule has 1 aliphatic carbocycles. The number of nitrogens with zero attached hydrogens (tertiary/aromatic N) is 4. The van der Waals surface area contributed by atoms with Crippen molar-refractivity contribution in [3.63, 3.8) is 0 Å². The van der Waals surface area contributed by atoms with Crippen LogP contribution in [0.2, 0.25) is 0 Å². The normalized spacial score (nSPS) is 17.3. The van der Waals surface area contributed by atoms with Gasteiger partial charge < -0.3 is 15.4 Å². The van der Waals surface area contributed by atoms with Crippen LogP contribution in [0.15, 0.2) is 29.2 Å². The SMILES string of the molecule is CC(=O)NCCOCCn1c(=O)c(-c2c(F)ccc(NS(=O)(=O)N3CC[C@@H](F)C3)c2F)cc2cnc(NCC3CC3)nc21. The molecule has 2 aromatic heterocycles. The Morgan fingerprint density at radius 1 is 1.19 bits per heavy atom. The minimum Gasteiger partial charge on any atom is -0.378 e. The Balaban J connectivity index is 1.50. The lowest BCUT2D eigenvalue weighted by Gasteiger charge is -2.19. The average molecular weight is 624 g/mol. The second-order valence-corrected chi connectivity index (χ2v) is 12.2. The maximum Gasteiger partial charge on any atom is 0.301 e. The monoisotopic (exact) mass is 623 g/mol. The second kappa shape index (κ2) is 12.9. The van der Waals surface area contributed by atoms with Crippen molar-refractivity contribution in [1.29, 1.82) is 0 Å². The van der Waals surface area contributed by atoms with Crippen LogP contribution in [0.1, 0.15) is 26.2 Å². The van der Waals surface area contributed by atoms with E-state index in [1.54, 1.807) is 0 Å². The maximum absolute atomic E-state index is 15.8. The molecule has 43 heavy (non-hydrogen) atoms. The van der Waals surface area contributed by atoms with Crippen LogP contribution in [-0.4, -0.2) is 78.7 Å². The minimum atomic E-state index is -4.34. The summed E-state index contributed by atoms with van der Waals surface area (Å²) in [5.41, 5.74) is -2.30. The largest absolute Gasteiger partial charge is 0.378 e. The Labute approximate surface area is 245 Å². The maximum atomic E-state index is 15.8. The van der Waals surface area contributed by atoms with Crippen LogP contribution in [0.4, 0.5) is 24.8 Å². The number of ether oxygens (including phenoxy) is 1. The van der Waals surface area contributed by atoms with E-state index in [9.17, 15) is 22.4 Å². The zero-order chi connectivity index (χ0) is 30.7. The molecule has 1 amide bonds. The number of hydrogen-bond acceptors (Lipinski definition) is 8. The van der Waals surface area contributed by atoms with Crippen LogP contribution in [0.3, 0.4) is 0 Å². The summed E-state index contributed by atoms with van der Waals surface area (Å²) in [7, 11) is -4.34. The molecule has 0 unspecified atom stereocenters. The van der Waals surface area contributed by atoms with Crippen molar-refractivity contribution in [3.05, 3.63) is 46.4 Å². The van der Waals surface area contributed by atoms with Crippen LogP contribution in [0, 0.1) is 17.6 Å². The third-order valence-electron chi connectivity index (χ3n) is 7.19. The van der Waals surface area contributed by atoms with Gasteiger partial charge in [-0.25, -0.2) is 18.2 Å². The highest BCUT2D eigenvalue weighted by molar-refractivity contribution is 7.90. The van der Waals surface area contributed by atoms with Crippen LogP contribution in [0.5, 0.6) is 0 Å². The first-order valence-corrected chi connectivity index (χ1v) is 15.3. The third-order valence-corrected chi connectivity index (χ3v) is 8.67. The van der Waals surface area contributed by atoms with Crippen molar-refractivity contribution in [2.75, 3.05) is 49.4 Å². The lowest BCUT2D eigenvalue weighted by molar-refractivity contribution is -0.119. The molecule has 3 heterocycles. The van der Waals surface area contributed by atoms with E-state index >= 15 is 8.78 Å². The molecule has 12 nitrogen and oxygen atoms in total. The molecule has 232 valence electrons. The predicted octanol–water partition coefficient (Wildman–Crippen LogP) is 2.41. The quantitative estimate of drug-likeness (QED) is 0.246. The molecule has 3 aromatic rings. The number of rotatable bonds is 13. The van der Waals surface area contributed by atoms with Crippen molar-refractivity contribution in [3.8, 4) is 11.1 Å². The fraction of sp³-hybridized carbons (Fsp3) is 0.481. The molecular formula is C27H32F3N7O5S. The van der Waals surface area contributed by atoms with Gasteiger partial charge in [-0.3, -0.25) is 18.9 Å². The Morgan fingerprint density at radius 2 is 1.98 bits per heavy atom. The van der Waals surface area contributed by atoms with Crippen molar-refractivity contribution in [2.45, 2.75) is 38.9 Å². The third kappa shape index (κ3) is 7.25. The number of nitrogens with one attached hydrogen (secondary N) is 3. The van der Waals surface area contributed by atoms with Crippen molar-refractivity contribution in [1.82, 2.24) is 24.2 Å². The van der Waals surface area contributed by atoms with Gasteiger partial charge in [0, 0.05) is 44.7 Å². The van der Waals surface area contributed by atoms with Gasteiger partial charge in [0.25, 0.3) is 5.56 Å². The number of amides is 1. The summed E-state index contributed by atoms with van der Waals surface area (Å²) < 4.78 is 79.8. The van der Waals surface area contributed by atoms with E-state index in [-0.39, 0.29) is 68.9 Å². The molecule has 16 heteroatoms. The van der Waals surface area contributed by atoms with E-state index in [4.69, 9.17) is 4.74 Å². The van der Waals surface area contributed by atoms with Gasteiger partial charge >= 0.3 is 10.2 Å². The fourth-order valence-electron chi connectivity index (χ4n) is 4.73. The number of alkyl halides is 1. The Bertz CT molecular complexity index is 1680. The summed E-state index contributed by atoms with van der Waals surface area (Å²) in [5.74, 6) is -1.80. The summed E-state index contributed by atoms with van der Waals surface area (Å²) in [5, 5.41) is 6.03. The predicted molar refractivity (Wildman–Crippen MR) is 153 cm³/mol. The zero-order valence-electron chi connectivity index (χ0n) is 23.4. The molecule has 2 fully saturated rings. The van der Waals surface area contributed by atoms with Crippen molar-refractivity contribution < 1.29 is 31.1 Å². The topological polar surface area (TPSA) is 148 Å². The molecule has 5 rings (SSSR count). The molecule has 1 atom stereocenters. The van der Waals surface area contributed by atoms with Gasteiger partial charge in [0.15, 0.2) is 5.82 Å². The van der Waals surface area contributed by atoms with E-state index < -0.39 is 44.8 Å². The van der Waals surface area contributed by atoms with E-state index in [0.29, 0.717) is 17.8 Å². The molecule has 0 radical (unpaired) electrons. The molecule has 2 aliphatic rings. The summed E-state index contributed by atoms with van der Waals surface area (Å²) >= 11 is 0. The lowest BCUT2D eigenvalue weighted by atomic mass is 10.0. The highest BCUT2D eigenvalue weighted by Crippen LogP contribution is 2.32. The van der Waals surface area contributed by atoms with Crippen molar-refractivity contribution in [2.24, 2.45) is 5.92 Å². The van der Waals surface area contributed by atoms with Gasteiger partial charge in [-0.1, -0.05) is 0 Å². The van der Waals surface area contributed by atoms with E-state index in [1.807, 2.05) is 0 Å². The smallest absolute Gasteiger partial charge is 0.301 e. The first-order chi connectivity index (χ1) is 20.5. The molecule has 1 saturated heterocycles. The highest BCUT2D eigenvalue weighted by Gasteiger charge is 2.32. The first kappa shape index (κ1) is 30.7.